The number of carbonyl (C=O) groups excluding carboxylic acids is 2. The molecule has 0 saturated carbocycles. The fourth-order valence-corrected chi connectivity index (χ4v) is 2.88. The van der Waals surface area contributed by atoms with Gasteiger partial charge >= 0.3 is 5.97 Å². The van der Waals surface area contributed by atoms with Gasteiger partial charge in [0.25, 0.3) is 0 Å². The highest BCUT2D eigenvalue weighted by Gasteiger charge is 2.31. The number of nitrogens with zero attached hydrogens (tertiary/aromatic N) is 2. The molecule has 0 aliphatic carbocycles. The summed E-state index contributed by atoms with van der Waals surface area (Å²) < 4.78 is 0. The lowest BCUT2D eigenvalue weighted by atomic mass is 9.97. The predicted octanol–water partition coefficient (Wildman–Crippen LogP) is -0.883. The third-order valence-corrected chi connectivity index (χ3v) is 4.23. The summed E-state index contributed by atoms with van der Waals surface area (Å²) in [6, 6.07) is 0. The molecule has 0 aromatic carbocycles. The largest absolute Gasteiger partial charge is 0.481 e. The van der Waals surface area contributed by atoms with Crippen molar-refractivity contribution >= 4 is 17.8 Å². The number of primary amides is 1. The molecule has 0 aromatic rings. The van der Waals surface area contributed by atoms with E-state index in [-0.39, 0.29) is 23.7 Å². The molecule has 7 heteroatoms. The summed E-state index contributed by atoms with van der Waals surface area (Å²) >= 11 is 0. The Morgan fingerprint density at radius 2 is 1.65 bits per heavy atom. The van der Waals surface area contributed by atoms with Crippen molar-refractivity contribution in [2.45, 2.75) is 19.3 Å². The van der Waals surface area contributed by atoms with E-state index >= 15 is 0 Å². The van der Waals surface area contributed by atoms with E-state index in [0.29, 0.717) is 52.0 Å². The Morgan fingerprint density at radius 1 is 1.05 bits per heavy atom. The van der Waals surface area contributed by atoms with Gasteiger partial charge in [-0.2, -0.15) is 0 Å². The van der Waals surface area contributed by atoms with Gasteiger partial charge in [-0.3, -0.25) is 19.3 Å². The summed E-state index contributed by atoms with van der Waals surface area (Å²) in [6.45, 7) is 2.56. The van der Waals surface area contributed by atoms with Crippen LogP contribution >= 0.6 is 0 Å². The molecule has 20 heavy (non-hydrogen) atoms. The smallest absolute Gasteiger partial charge is 0.306 e. The topological polar surface area (TPSA) is 104 Å². The van der Waals surface area contributed by atoms with Crippen LogP contribution in [0.1, 0.15) is 19.3 Å². The van der Waals surface area contributed by atoms with Crippen molar-refractivity contribution in [2.24, 2.45) is 17.6 Å². The van der Waals surface area contributed by atoms with E-state index in [2.05, 4.69) is 0 Å². The number of hydrogen-bond donors (Lipinski definition) is 2. The first kappa shape index (κ1) is 14.8. The summed E-state index contributed by atoms with van der Waals surface area (Å²) in [6.07, 6.45) is 1.75. The van der Waals surface area contributed by atoms with Crippen LogP contribution in [0.4, 0.5) is 0 Å². The third-order valence-electron chi connectivity index (χ3n) is 4.23. The Labute approximate surface area is 117 Å². The van der Waals surface area contributed by atoms with Crippen molar-refractivity contribution in [1.82, 2.24) is 9.80 Å². The van der Waals surface area contributed by atoms with E-state index in [9.17, 15) is 14.4 Å². The highest BCUT2D eigenvalue weighted by atomic mass is 16.4. The van der Waals surface area contributed by atoms with Crippen LogP contribution in [0.5, 0.6) is 0 Å². The number of aliphatic carboxylic acids is 1. The number of carboxylic acid groups (broad SMARTS) is 1. The SMILES string of the molecule is NC(=O)C1CCN(CC(=O)N2CCC(C(=O)O)CC2)C1. The molecule has 0 bridgehead atoms. The first-order valence-corrected chi connectivity index (χ1v) is 6.99. The van der Waals surface area contributed by atoms with Gasteiger partial charge in [0.05, 0.1) is 18.4 Å². The number of carbonyl (C=O) groups is 3. The van der Waals surface area contributed by atoms with Gasteiger partial charge in [0, 0.05) is 19.6 Å². The standard InChI is InChI=1S/C13H21N3O4/c14-12(18)10-1-4-15(7-10)8-11(17)16-5-2-9(3-6-16)13(19)20/h9-10H,1-8H2,(H2,14,18)(H,19,20). The molecular weight excluding hydrogens is 262 g/mol. The van der Waals surface area contributed by atoms with Crippen LogP contribution in [0, 0.1) is 11.8 Å². The van der Waals surface area contributed by atoms with E-state index < -0.39 is 5.97 Å². The molecule has 0 spiro atoms. The molecule has 2 saturated heterocycles. The monoisotopic (exact) mass is 283 g/mol. The second-order valence-electron chi connectivity index (χ2n) is 5.62. The van der Waals surface area contributed by atoms with Crippen LogP contribution in [-0.2, 0) is 14.4 Å². The molecule has 2 fully saturated rings. The summed E-state index contributed by atoms with van der Waals surface area (Å²) in [5.74, 6) is -1.55. The lowest BCUT2D eigenvalue weighted by Gasteiger charge is -2.31. The Kier molecular flexibility index (Phi) is 4.59. The molecule has 1 atom stereocenters. The van der Waals surface area contributed by atoms with E-state index in [4.69, 9.17) is 10.8 Å². The summed E-state index contributed by atoms with van der Waals surface area (Å²) in [7, 11) is 0. The molecule has 2 heterocycles. The van der Waals surface area contributed by atoms with Crippen molar-refractivity contribution in [3.8, 4) is 0 Å². The summed E-state index contributed by atoms with van der Waals surface area (Å²) in [4.78, 5) is 37.7. The van der Waals surface area contributed by atoms with E-state index in [1.807, 2.05) is 4.90 Å². The number of piperidine rings is 1. The Bertz CT molecular complexity index is 404. The minimum atomic E-state index is -0.777. The summed E-state index contributed by atoms with van der Waals surface area (Å²) in [5.41, 5.74) is 5.26. The molecule has 2 aliphatic heterocycles. The number of nitrogens with two attached hydrogens (primary N) is 1. The van der Waals surface area contributed by atoms with Crippen LogP contribution < -0.4 is 5.73 Å². The Hall–Kier alpha value is -1.63. The molecule has 7 nitrogen and oxygen atoms in total. The number of likely N-dealkylation sites (tertiary alicyclic amines) is 2. The van der Waals surface area contributed by atoms with Crippen molar-refractivity contribution in [2.75, 3.05) is 32.7 Å². The normalized spacial score (nSPS) is 24.8. The molecule has 1 unspecified atom stereocenters. The van der Waals surface area contributed by atoms with E-state index in [0.717, 1.165) is 0 Å². The van der Waals surface area contributed by atoms with Crippen molar-refractivity contribution in [3.05, 3.63) is 0 Å². The van der Waals surface area contributed by atoms with Gasteiger partial charge in [0.15, 0.2) is 0 Å². The zero-order valence-electron chi connectivity index (χ0n) is 11.5. The highest BCUT2D eigenvalue weighted by molar-refractivity contribution is 5.80. The fourth-order valence-electron chi connectivity index (χ4n) is 2.88. The number of rotatable bonds is 4. The van der Waals surface area contributed by atoms with Crippen molar-refractivity contribution < 1.29 is 19.5 Å². The van der Waals surface area contributed by atoms with Gasteiger partial charge in [0.2, 0.25) is 11.8 Å². The first-order valence-electron chi connectivity index (χ1n) is 6.99. The quantitative estimate of drug-likeness (QED) is 0.697. The maximum absolute atomic E-state index is 12.1. The molecule has 112 valence electrons. The molecule has 2 rings (SSSR count). The predicted molar refractivity (Wildman–Crippen MR) is 70.7 cm³/mol. The van der Waals surface area contributed by atoms with Crippen LogP contribution in [0.25, 0.3) is 0 Å². The first-order chi connectivity index (χ1) is 9.47. The second-order valence-corrected chi connectivity index (χ2v) is 5.62. The molecule has 2 amide bonds. The average Bonchev–Trinajstić information content (AvgIpc) is 2.87. The third kappa shape index (κ3) is 3.47. The van der Waals surface area contributed by atoms with E-state index in [1.54, 1.807) is 4.90 Å². The van der Waals surface area contributed by atoms with Crippen LogP contribution in [-0.4, -0.2) is 65.4 Å². The van der Waals surface area contributed by atoms with Gasteiger partial charge < -0.3 is 15.7 Å². The minimum absolute atomic E-state index is 0.0129. The molecule has 0 radical (unpaired) electrons. The van der Waals surface area contributed by atoms with Crippen LogP contribution in [0.2, 0.25) is 0 Å². The minimum Gasteiger partial charge on any atom is -0.481 e. The fraction of sp³-hybridized carbons (Fsp3) is 0.769. The molecular formula is C13H21N3O4. The average molecular weight is 283 g/mol. The Balaban J connectivity index is 1.76. The van der Waals surface area contributed by atoms with Crippen molar-refractivity contribution in [1.29, 1.82) is 0 Å². The second kappa shape index (κ2) is 6.21. The zero-order valence-corrected chi connectivity index (χ0v) is 11.5. The van der Waals surface area contributed by atoms with Gasteiger partial charge in [0.1, 0.15) is 0 Å². The van der Waals surface area contributed by atoms with Gasteiger partial charge in [-0.05, 0) is 25.8 Å². The molecule has 2 aliphatic rings. The molecule has 0 aromatic heterocycles. The maximum Gasteiger partial charge on any atom is 0.306 e. The van der Waals surface area contributed by atoms with Gasteiger partial charge in [-0.25, -0.2) is 0 Å². The van der Waals surface area contributed by atoms with Gasteiger partial charge in [-0.15, -0.1) is 0 Å². The lowest BCUT2D eigenvalue weighted by molar-refractivity contribution is -0.145. The maximum atomic E-state index is 12.1. The van der Waals surface area contributed by atoms with Crippen molar-refractivity contribution in [3.63, 3.8) is 0 Å². The van der Waals surface area contributed by atoms with E-state index in [1.165, 1.54) is 0 Å². The highest BCUT2D eigenvalue weighted by Crippen LogP contribution is 2.19. The Morgan fingerprint density at radius 3 is 2.15 bits per heavy atom. The lowest BCUT2D eigenvalue weighted by Crippen LogP contribution is -2.45. The summed E-state index contributed by atoms with van der Waals surface area (Å²) in [5, 5.41) is 8.92. The van der Waals surface area contributed by atoms with Crippen LogP contribution in [0.15, 0.2) is 0 Å². The number of amides is 2. The number of hydrogen-bond acceptors (Lipinski definition) is 4. The number of carboxylic acids is 1. The van der Waals surface area contributed by atoms with Crippen LogP contribution in [0.3, 0.4) is 0 Å². The molecule has 3 N–H and O–H groups in total. The van der Waals surface area contributed by atoms with Gasteiger partial charge in [-0.1, -0.05) is 0 Å². The zero-order chi connectivity index (χ0) is 14.7.